The highest BCUT2D eigenvalue weighted by Crippen LogP contribution is 2.40. The second-order valence-corrected chi connectivity index (χ2v) is 8.04. The van der Waals surface area contributed by atoms with E-state index in [9.17, 15) is 10.2 Å². The molecule has 0 bridgehead atoms. The maximum absolute atomic E-state index is 9.86. The number of phenolic OH excluding ortho intramolecular Hbond substituents is 2. The topological polar surface area (TPSA) is 83.3 Å². The van der Waals surface area contributed by atoms with Gasteiger partial charge >= 0.3 is 0 Å². The molecule has 4 aromatic rings. The van der Waals surface area contributed by atoms with Crippen molar-refractivity contribution in [2.45, 2.75) is 6.10 Å². The molecule has 6 nitrogen and oxygen atoms in total. The highest BCUT2D eigenvalue weighted by Gasteiger charge is 2.28. The third-order valence-corrected chi connectivity index (χ3v) is 5.72. The minimum absolute atomic E-state index is 0.177. The Morgan fingerprint density at radius 2 is 1.49 bits per heavy atom. The Balaban J connectivity index is 1.66. The van der Waals surface area contributed by atoms with Crippen molar-refractivity contribution in [3.05, 3.63) is 120 Å². The quantitative estimate of drug-likeness (QED) is 0.320. The third kappa shape index (κ3) is 4.82. The molecule has 35 heavy (non-hydrogen) atoms. The van der Waals surface area contributed by atoms with Crippen LogP contribution >= 0.6 is 0 Å². The van der Waals surface area contributed by atoms with Crippen LogP contribution in [0.2, 0.25) is 0 Å². The zero-order valence-corrected chi connectivity index (χ0v) is 19.1. The van der Waals surface area contributed by atoms with Crippen molar-refractivity contribution in [1.82, 2.24) is 0 Å². The molecule has 5 rings (SSSR count). The Labute approximate surface area is 203 Å². The fourth-order valence-corrected chi connectivity index (χ4v) is 3.89. The van der Waals surface area contributed by atoms with Crippen LogP contribution in [-0.4, -0.2) is 23.0 Å². The third-order valence-electron chi connectivity index (χ3n) is 5.72. The standard InChI is InChI=1S/C29H24N2O4/c1-34-24-16-10-21(11-17-24)30-18-25-28(19-6-12-22(32)13-7-19)31-26-4-2-3-5-27(26)35-29(25)20-8-14-23(33)15-9-20/h2-18,29-30,32-33H,1H3/b25-18+. The fraction of sp³-hybridized carbons (Fsp3) is 0.0690. The number of hydrogen-bond acceptors (Lipinski definition) is 6. The summed E-state index contributed by atoms with van der Waals surface area (Å²) in [5, 5.41) is 23.1. The van der Waals surface area contributed by atoms with E-state index in [-0.39, 0.29) is 11.5 Å². The number of hydrogen-bond donors (Lipinski definition) is 3. The molecular formula is C29H24N2O4. The highest BCUT2D eigenvalue weighted by atomic mass is 16.5. The number of methoxy groups -OCH3 is 1. The molecule has 3 N–H and O–H groups in total. The number of aliphatic imine (C=N–C) groups is 1. The summed E-state index contributed by atoms with van der Waals surface area (Å²) >= 11 is 0. The molecule has 4 aromatic carbocycles. The van der Waals surface area contributed by atoms with E-state index in [2.05, 4.69) is 5.32 Å². The number of ether oxygens (including phenoxy) is 2. The van der Waals surface area contributed by atoms with Gasteiger partial charge in [-0.25, -0.2) is 4.99 Å². The molecule has 0 saturated heterocycles. The van der Waals surface area contributed by atoms with Gasteiger partial charge in [-0.05, 0) is 78.4 Å². The number of aromatic hydroxyl groups is 2. The lowest BCUT2D eigenvalue weighted by Gasteiger charge is -2.22. The normalized spacial score (nSPS) is 16.0. The molecule has 1 aliphatic rings. The number of benzene rings is 4. The molecule has 0 amide bonds. The van der Waals surface area contributed by atoms with Gasteiger partial charge in [-0.15, -0.1) is 0 Å². The highest BCUT2D eigenvalue weighted by molar-refractivity contribution is 6.15. The maximum atomic E-state index is 9.86. The summed E-state index contributed by atoms with van der Waals surface area (Å²) in [4.78, 5) is 4.99. The van der Waals surface area contributed by atoms with Crippen molar-refractivity contribution in [2.24, 2.45) is 4.99 Å². The largest absolute Gasteiger partial charge is 0.508 e. The number of rotatable bonds is 5. The minimum Gasteiger partial charge on any atom is -0.508 e. The number of fused-ring (bicyclic) bond motifs is 1. The van der Waals surface area contributed by atoms with Crippen LogP contribution in [0.15, 0.2) is 114 Å². The van der Waals surface area contributed by atoms with Crippen molar-refractivity contribution in [1.29, 1.82) is 0 Å². The van der Waals surface area contributed by atoms with Gasteiger partial charge in [-0.3, -0.25) is 0 Å². The van der Waals surface area contributed by atoms with Crippen LogP contribution in [0, 0.1) is 0 Å². The van der Waals surface area contributed by atoms with Crippen molar-refractivity contribution in [3.8, 4) is 23.0 Å². The molecule has 1 heterocycles. The maximum Gasteiger partial charge on any atom is 0.152 e. The van der Waals surface area contributed by atoms with Gasteiger partial charge in [-0.2, -0.15) is 0 Å². The predicted octanol–water partition coefficient (Wildman–Crippen LogP) is 6.36. The molecule has 0 aromatic heterocycles. The molecule has 0 spiro atoms. The molecule has 1 aliphatic heterocycles. The number of anilines is 1. The molecular weight excluding hydrogens is 440 g/mol. The van der Waals surface area contributed by atoms with E-state index in [1.165, 1.54) is 0 Å². The van der Waals surface area contributed by atoms with Gasteiger partial charge in [0.25, 0.3) is 0 Å². The van der Waals surface area contributed by atoms with E-state index in [1.807, 2.05) is 79.0 Å². The first-order valence-corrected chi connectivity index (χ1v) is 11.1. The minimum atomic E-state index is -0.516. The summed E-state index contributed by atoms with van der Waals surface area (Å²) in [7, 11) is 1.63. The Morgan fingerprint density at radius 1 is 0.829 bits per heavy atom. The first kappa shape index (κ1) is 22.1. The van der Waals surface area contributed by atoms with Crippen LogP contribution in [0.1, 0.15) is 17.2 Å². The summed E-state index contributed by atoms with van der Waals surface area (Å²) in [6, 6.07) is 29.1. The summed E-state index contributed by atoms with van der Waals surface area (Å²) in [5.74, 6) is 1.77. The fourth-order valence-electron chi connectivity index (χ4n) is 3.89. The summed E-state index contributed by atoms with van der Waals surface area (Å²) in [5.41, 5.74) is 4.74. The Bertz CT molecular complexity index is 1380. The molecule has 174 valence electrons. The number of phenols is 2. The van der Waals surface area contributed by atoms with Crippen LogP contribution < -0.4 is 14.8 Å². The molecule has 0 fully saturated rings. The van der Waals surface area contributed by atoms with E-state index in [0.717, 1.165) is 28.1 Å². The first-order valence-electron chi connectivity index (χ1n) is 11.1. The lowest BCUT2D eigenvalue weighted by Crippen LogP contribution is -2.18. The van der Waals surface area contributed by atoms with Gasteiger partial charge in [0.05, 0.1) is 12.8 Å². The van der Waals surface area contributed by atoms with E-state index in [1.54, 1.807) is 31.4 Å². The van der Waals surface area contributed by atoms with Crippen molar-refractivity contribution in [3.63, 3.8) is 0 Å². The van der Waals surface area contributed by atoms with Gasteiger partial charge in [0.15, 0.2) is 6.10 Å². The zero-order chi connectivity index (χ0) is 24.2. The molecule has 1 unspecified atom stereocenters. The number of para-hydroxylation sites is 2. The average Bonchev–Trinajstić information content (AvgIpc) is 3.06. The van der Waals surface area contributed by atoms with E-state index < -0.39 is 6.10 Å². The molecule has 0 radical (unpaired) electrons. The van der Waals surface area contributed by atoms with Gasteiger partial charge in [0.1, 0.15) is 28.7 Å². The van der Waals surface area contributed by atoms with Crippen molar-refractivity contribution < 1.29 is 19.7 Å². The van der Waals surface area contributed by atoms with Crippen LogP contribution in [0.4, 0.5) is 11.4 Å². The van der Waals surface area contributed by atoms with Gasteiger partial charge in [-0.1, -0.05) is 24.3 Å². The van der Waals surface area contributed by atoms with Gasteiger partial charge in [0, 0.05) is 23.0 Å². The molecule has 0 saturated carbocycles. The summed E-state index contributed by atoms with van der Waals surface area (Å²) in [6.07, 6.45) is 1.37. The smallest absolute Gasteiger partial charge is 0.152 e. The second-order valence-electron chi connectivity index (χ2n) is 8.04. The monoisotopic (exact) mass is 464 g/mol. The van der Waals surface area contributed by atoms with Gasteiger partial charge in [0.2, 0.25) is 0 Å². The first-order chi connectivity index (χ1) is 17.1. The second kappa shape index (κ2) is 9.65. The van der Waals surface area contributed by atoms with E-state index >= 15 is 0 Å². The number of nitrogens with one attached hydrogen (secondary N) is 1. The predicted molar refractivity (Wildman–Crippen MR) is 137 cm³/mol. The van der Waals surface area contributed by atoms with Crippen LogP contribution in [0.25, 0.3) is 0 Å². The summed E-state index contributed by atoms with van der Waals surface area (Å²) in [6.45, 7) is 0. The van der Waals surface area contributed by atoms with Crippen LogP contribution in [-0.2, 0) is 0 Å². The Hall–Kier alpha value is -4.71. The molecule has 0 aliphatic carbocycles. The Kier molecular flexibility index (Phi) is 6.09. The van der Waals surface area contributed by atoms with Crippen LogP contribution in [0.5, 0.6) is 23.0 Å². The molecule has 6 heteroatoms. The van der Waals surface area contributed by atoms with Crippen molar-refractivity contribution in [2.75, 3.05) is 12.4 Å². The lowest BCUT2D eigenvalue weighted by molar-refractivity contribution is 0.251. The number of nitrogens with zero attached hydrogens (tertiary/aromatic N) is 1. The zero-order valence-electron chi connectivity index (χ0n) is 19.1. The Morgan fingerprint density at radius 3 is 2.17 bits per heavy atom. The van der Waals surface area contributed by atoms with Crippen LogP contribution in [0.3, 0.4) is 0 Å². The SMILES string of the molecule is COc1ccc(N/C=C2\C(c3ccc(O)cc3)=Nc3ccccc3OC2c2ccc(O)cc2)cc1. The van der Waals surface area contributed by atoms with E-state index in [0.29, 0.717) is 17.1 Å². The van der Waals surface area contributed by atoms with Gasteiger partial charge < -0.3 is 25.0 Å². The lowest BCUT2D eigenvalue weighted by atomic mass is 9.94. The van der Waals surface area contributed by atoms with E-state index in [4.69, 9.17) is 14.5 Å². The average molecular weight is 465 g/mol. The summed E-state index contributed by atoms with van der Waals surface area (Å²) < 4.78 is 11.8. The van der Waals surface area contributed by atoms with Crippen molar-refractivity contribution >= 4 is 17.1 Å². The molecule has 1 atom stereocenters.